The van der Waals surface area contributed by atoms with Crippen molar-refractivity contribution in [3.05, 3.63) is 69.8 Å². The van der Waals surface area contributed by atoms with Gasteiger partial charge in [-0.25, -0.2) is 9.48 Å². The van der Waals surface area contributed by atoms with Gasteiger partial charge in [0.2, 0.25) is 0 Å². The van der Waals surface area contributed by atoms with Crippen molar-refractivity contribution < 1.29 is 9.53 Å². The van der Waals surface area contributed by atoms with Crippen molar-refractivity contribution in [2.24, 2.45) is 0 Å². The Hall–Kier alpha value is -2.81. The van der Waals surface area contributed by atoms with Crippen LogP contribution in [-0.2, 0) is 4.74 Å². The lowest BCUT2D eigenvalue weighted by Gasteiger charge is -2.08. The second kappa shape index (κ2) is 7.61. The highest BCUT2D eigenvalue weighted by Gasteiger charge is 2.18. The Labute approximate surface area is 160 Å². The molecule has 2 aromatic carbocycles. The Morgan fingerprint density at radius 1 is 1.15 bits per heavy atom. The maximum atomic E-state index is 12.1. The van der Waals surface area contributed by atoms with Gasteiger partial charge >= 0.3 is 5.97 Å². The van der Waals surface area contributed by atoms with Crippen LogP contribution < -0.4 is 0 Å². The van der Waals surface area contributed by atoms with E-state index in [9.17, 15) is 4.79 Å². The molecule has 0 aliphatic carbocycles. The first-order valence-corrected chi connectivity index (χ1v) is 8.52. The standard InChI is InChI=1S/C19H13Cl2N3O2/c1-2-26-19(25)17-10-18(13-5-3-12(11-22)4-6-13)24(23-17)14-7-8-15(20)16(21)9-14/h3-10H,2H2,1H3. The van der Waals surface area contributed by atoms with Crippen LogP contribution in [0.15, 0.2) is 48.5 Å². The number of benzene rings is 2. The monoisotopic (exact) mass is 385 g/mol. The van der Waals surface area contributed by atoms with Crippen molar-refractivity contribution in [1.82, 2.24) is 9.78 Å². The maximum Gasteiger partial charge on any atom is 0.358 e. The molecule has 0 saturated heterocycles. The zero-order valence-electron chi connectivity index (χ0n) is 13.7. The van der Waals surface area contributed by atoms with Gasteiger partial charge in [0.15, 0.2) is 5.69 Å². The lowest BCUT2D eigenvalue weighted by atomic mass is 10.1. The number of nitrogens with zero attached hydrogens (tertiary/aromatic N) is 3. The van der Waals surface area contributed by atoms with Crippen LogP contribution in [0.1, 0.15) is 23.0 Å². The lowest BCUT2D eigenvalue weighted by Crippen LogP contribution is -2.06. The molecule has 130 valence electrons. The summed E-state index contributed by atoms with van der Waals surface area (Å²) in [4.78, 5) is 12.1. The van der Waals surface area contributed by atoms with Gasteiger partial charge in [-0.2, -0.15) is 10.4 Å². The molecule has 7 heteroatoms. The van der Waals surface area contributed by atoms with E-state index >= 15 is 0 Å². The number of esters is 1. The van der Waals surface area contributed by atoms with Crippen molar-refractivity contribution in [1.29, 1.82) is 5.26 Å². The summed E-state index contributed by atoms with van der Waals surface area (Å²) in [5.74, 6) is -0.513. The molecule has 5 nitrogen and oxygen atoms in total. The average Bonchev–Trinajstić information content (AvgIpc) is 3.10. The van der Waals surface area contributed by atoms with E-state index in [4.69, 9.17) is 33.2 Å². The number of hydrogen-bond acceptors (Lipinski definition) is 4. The Morgan fingerprint density at radius 3 is 2.50 bits per heavy atom. The lowest BCUT2D eigenvalue weighted by molar-refractivity contribution is 0.0519. The number of carbonyl (C=O) groups excluding carboxylic acids is 1. The van der Waals surface area contributed by atoms with Gasteiger partial charge < -0.3 is 4.74 Å². The molecule has 0 amide bonds. The zero-order valence-corrected chi connectivity index (χ0v) is 15.3. The molecule has 1 aromatic heterocycles. The molecule has 0 bridgehead atoms. The predicted molar refractivity (Wildman–Crippen MR) is 99.7 cm³/mol. The number of aromatic nitrogens is 2. The topological polar surface area (TPSA) is 67.9 Å². The summed E-state index contributed by atoms with van der Waals surface area (Å²) in [5, 5.41) is 14.1. The SMILES string of the molecule is CCOC(=O)c1cc(-c2ccc(C#N)cc2)n(-c2ccc(Cl)c(Cl)c2)n1. The summed E-state index contributed by atoms with van der Waals surface area (Å²) < 4.78 is 6.64. The van der Waals surface area contributed by atoms with Crippen LogP contribution in [0.25, 0.3) is 16.9 Å². The van der Waals surface area contributed by atoms with Crippen LogP contribution in [0, 0.1) is 11.3 Å². The van der Waals surface area contributed by atoms with Gasteiger partial charge in [-0.05, 0) is 43.3 Å². The molecular weight excluding hydrogens is 373 g/mol. The smallest absolute Gasteiger partial charge is 0.358 e. The van der Waals surface area contributed by atoms with Gasteiger partial charge in [-0.3, -0.25) is 0 Å². The van der Waals surface area contributed by atoms with Crippen molar-refractivity contribution in [3.8, 4) is 23.0 Å². The fraction of sp³-hybridized carbons (Fsp3) is 0.105. The summed E-state index contributed by atoms with van der Waals surface area (Å²) in [6, 6.07) is 15.8. The molecule has 3 aromatic rings. The van der Waals surface area contributed by atoms with E-state index in [1.54, 1.807) is 60.1 Å². The van der Waals surface area contributed by atoms with Gasteiger partial charge in [-0.15, -0.1) is 0 Å². The molecular formula is C19H13Cl2N3O2. The Morgan fingerprint density at radius 2 is 1.88 bits per heavy atom. The van der Waals surface area contributed by atoms with E-state index in [1.165, 1.54) is 0 Å². The van der Waals surface area contributed by atoms with E-state index in [0.29, 0.717) is 27.0 Å². The Balaban J connectivity index is 2.15. The number of nitriles is 1. The van der Waals surface area contributed by atoms with Crippen LogP contribution in [0.4, 0.5) is 0 Å². The second-order valence-electron chi connectivity index (χ2n) is 5.33. The minimum atomic E-state index is -0.513. The molecule has 3 rings (SSSR count). The highest BCUT2D eigenvalue weighted by molar-refractivity contribution is 6.42. The van der Waals surface area contributed by atoms with Crippen LogP contribution in [0.5, 0.6) is 0 Å². The van der Waals surface area contributed by atoms with Gasteiger partial charge in [0.25, 0.3) is 0 Å². The number of hydrogen-bond donors (Lipinski definition) is 0. The summed E-state index contributed by atoms with van der Waals surface area (Å²) in [6.07, 6.45) is 0. The maximum absolute atomic E-state index is 12.1. The van der Waals surface area contributed by atoms with E-state index in [-0.39, 0.29) is 12.3 Å². The number of ether oxygens (including phenoxy) is 1. The largest absolute Gasteiger partial charge is 0.461 e. The molecule has 0 N–H and O–H groups in total. The van der Waals surface area contributed by atoms with Crippen molar-refractivity contribution in [2.75, 3.05) is 6.61 Å². The van der Waals surface area contributed by atoms with E-state index < -0.39 is 5.97 Å². The van der Waals surface area contributed by atoms with Crippen molar-refractivity contribution >= 4 is 29.2 Å². The number of carbonyl (C=O) groups is 1. The summed E-state index contributed by atoms with van der Waals surface area (Å²) in [5.41, 5.74) is 2.82. The number of halogens is 2. The van der Waals surface area contributed by atoms with Crippen molar-refractivity contribution in [3.63, 3.8) is 0 Å². The summed E-state index contributed by atoms with van der Waals surface area (Å²) in [7, 11) is 0. The molecule has 0 unspecified atom stereocenters. The van der Waals surface area contributed by atoms with Gasteiger partial charge in [0.05, 0.1) is 39.7 Å². The first-order chi connectivity index (χ1) is 12.5. The molecule has 0 aliphatic heterocycles. The van der Waals surface area contributed by atoms with Gasteiger partial charge in [0, 0.05) is 5.56 Å². The third kappa shape index (κ3) is 3.57. The molecule has 1 heterocycles. The van der Waals surface area contributed by atoms with Gasteiger partial charge in [0.1, 0.15) is 0 Å². The Kier molecular flexibility index (Phi) is 5.27. The minimum Gasteiger partial charge on any atom is -0.461 e. The van der Waals surface area contributed by atoms with Crippen LogP contribution in [0.3, 0.4) is 0 Å². The first kappa shape index (κ1) is 18.0. The highest BCUT2D eigenvalue weighted by atomic mass is 35.5. The number of rotatable bonds is 4. The van der Waals surface area contributed by atoms with Crippen LogP contribution in [-0.4, -0.2) is 22.4 Å². The van der Waals surface area contributed by atoms with E-state index in [0.717, 1.165) is 5.56 Å². The third-order valence-electron chi connectivity index (χ3n) is 3.65. The molecule has 26 heavy (non-hydrogen) atoms. The Bertz CT molecular complexity index is 1000. The summed E-state index contributed by atoms with van der Waals surface area (Å²) in [6.45, 7) is 1.99. The van der Waals surface area contributed by atoms with Crippen LogP contribution in [0.2, 0.25) is 10.0 Å². The van der Waals surface area contributed by atoms with Gasteiger partial charge in [-0.1, -0.05) is 35.3 Å². The fourth-order valence-electron chi connectivity index (χ4n) is 2.42. The van der Waals surface area contributed by atoms with E-state index in [1.807, 2.05) is 0 Å². The highest BCUT2D eigenvalue weighted by Crippen LogP contribution is 2.29. The van der Waals surface area contributed by atoms with E-state index in [2.05, 4.69) is 11.2 Å². The van der Waals surface area contributed by atoms with Crippen molar-refractivity contribution in [2.45, 2.75) is 6.92 Å². The quantitative estimate of drug-likeness (QED) is 0.599. The molecule has 0 saturated carbocycles. The molecule has 0 fully saturated rings. The molecule has 0 radical (unpaired) electrons. The predicted octanol–water partition coefficient (Wildman–Crippen LogP) is 4.89. The molecule has 0 spiro atoms. The second-order valence-corrected chi connectivity index (χ2v) is 6.15. The fourth-order valence-corrected chi connectivity index (χ4v) is 2.71. The summed E-state index contributed by atoms with van der Waals surface area (Å²) >= 11 is 12.1. The molecule has 0 aliphatic rings. The molecule has 0 atom stereocenters. The first-order valence-electron chi connectivity index (χ1n) is 7.76. The minimum absolute atomic E-state index is 0.178. The zero-order chi connectivity index (χ0) is 18.7. The van der Waals surface area contributed by atoms with Crippen LogP contribution >= 0.6 is 23.2 Å². The third-order valence-corrected chi connectivity index (χ3v) is 4.39. The normalized spacial score (nSPS) is 10.4. The average molecular weight is 386 g/mol.